The molecule has 0 aliphatic carbocycles. The molecule has 1 heterocycles. The van der Waals surface area contributed by atoms with E-state index >= 15 is 0 Å². The van der Waals surface area contributed by atoms with Gasteiger partial charge in [0.25, 0.3) is 5.56 Å². The number of aromatic nitrogens is 1. The van der Waals surface area contributed by atoms with E-state index in [0.29, 0.717) is 4.57 Å². The summed E-state index contributed by atoms with van der Waals surface area (Å²) in [6, 6.07) is 2.30. The van der Waals surface area contributed by atoms with Gasteiger partial charge in [0.05, 0.1) is 12.5 Å². The van der Waals surface area contributed by atoms with Crippen molar-refractivity contribution in [3.05, 3.63) is 38.1 Å². The van der Waals surface area contributed by atoms with Crippen molar-refractivity contribution in [1.29, 1.82) is 0 Å². The number of rotatable bonds is 3. The molecule has 0 spiro atoms. The highest BCUT2D eigenvalue weighted by atomic mass is 35.5. The van der Waals surface area contributed by atoms with E-state index in [2.05, 4.69) is 4.74 Å². The summed E-state index contributed by atoms with van der Waals surface area (Å²) in [5.74, 6) is -2.91. The van der Waals surface area contributed by atoms with Gasteiger partial charge < -0.3 is 19.0 Å². The van der Waals surface area contributed by atoms with E-state index in [1.165, 1.54) is 0 Å². The Morgan fingerprint density at radius 3 is 2.64 bits per heavy atom. The fourth-order valence-electron chi connectivity index (χ4n) is 1.68. The number of fused-ring (bicyclic) bond motifs is 1. The second-order valence-corrected chi connectivity index (χ2v) is 4.43. The number of hydrogen-bond donors (Lipinski definition) is 1. The van der Waals surface area contributed by atoms with E-state index in [1.807, 2.05) is 0 Å². The van der Waals surface area contributed by atoms with Crippen molar-refractivity contribution in [3.8, 4) is 5.75 Å². The molecule has 9 nitrogen and oxygen atoms in total. The number of carboxylic acids is 1. The lowest BCUT2D eigenvalue weighted by atomic mass is 10.2. The van der Waals surface area contributed by atoms with E-state index in [4.69, 9.17) is 25.9 Å². The molecule has 22 heavy (non-hydrogen) atoms. The molecule has 2 rings (SSSR count). The molecule has 0 amide bonds. The Bertz CT molecular complexity index is 881. The zero-order valence-electron chi connectivity index (χ0n) is 11.0. The Balaban J connectivity index is 2.76. The molecule has 0 fully saturated rings. The first kappa shape index (κ1) is 15.6. The number of nitrogens with zero attached hydrogens (tertiary/aromatic N) is 1. The molecule has 2 aromatic rings. The summed E-state index contributed by atoms with van der Waals surface area (Å²) in [6.45, 7) is -0.878. The lowest BCUT2D eigenvalue weighted by Gasteiger charge is -2.07. The third-order valence-corrected chi connectivity index (χ3v) is 2.78. The normalized spacial score (nSPS) is 10.5. The quantitative estimate of drug-likeness (QED) is 0.648. The summed E-state index contributed by atoms with van der Waals surface area (Å²) < 4.78 is 14.3. The van der Waals surface area contributed by atoms with Crippen LogP contribution in [0.1, 0.15) is 0 Å². The van der Waals surface area contributed by atoms with Crippen LogP contribution in [0.2, 0.25) is 5.02 Å². The molecule has 1 aromatic carbocycles. The van der Waals surface area contributed by atoms with Gasteiger partial charge in [-0.25, -0.2) is 14.2 Å². The Morgan fingerprint density at radius 1 is 1.36 bits per heavy atom. The Morgan fingerprint density at radius 2 is 2.05 bits per heavy atom. The number of carbonyl (C=O) groups excluding carboxylic acids is 1. The van der Waals surface area contributed by atoms with Crippen molar-refractivity contribution in [2.24, 2.45) is 0 Å². The second kappa shape index (κ2) is 5.90. The lowest BCUT2D eigenvalue weighted by Crippen LogP contribution is -2.35. The number of halogens is 1. The molecule has 0 unspecified atom stereocenters. The highest BCUT2D eigenvalue weighted by Crippen LogP contribution is 2.27. The van der Waals surface area contributed by atoms with Crippen molar-refractivity contribution in [2.45, 2.75) is 6.54 Å². The molecule has 116 valence electrons. The molecule has 10 heteroatoms. The summed E-state index contributed by atoms with van der Waals surface area (Å²) in [5.41, 5.74) is -1.28. The zero-order valence-corrected chi connectivity index (χ0v) is 11.7. The van der Waals surface area contributed by atoms with Crippen LogP contribution in [0.4, 0.5) is 4.79 Å². The summed E-state index contributed by atoms with van der Waals surface area (Å²) in [6.07, 6.45) is -1.11. The molecular weight excluding hydrogens is 322 g/mol. The fraction of sp³-hybridized carbons (Fsp3) is 0.167. The highest BCUT2D eigenvalue weighted by Gasteiger charge is 2.18. The molecule has 0 radical (unpaired) electrons. The number of carbonyl (C=O) groups is 2. The third-order valence-electron chi connectivity index (χ3n) is 2.56. The summed E-state index contributed by atoms with van der Waals surface area (Å²) in [5, 5.41) is 8.49. The first-order chi connectivity index (χ1) is 10.3. The fourth-order valence-corrected chi connectivity index (χ4v) is 1.89. The van der Waals surface area contributed by atoms with Gasteiger partial charge in [0.2, 0.25) is 0 Å². The predicted molar refractivity (Wildman–Crippen MR) is 72.4 cm³/mol. The van der Waals surface area contributed by atoms with Gasteiger partial charge in [0.15, 0.2) is 11.3 Å². The van der Waals surface area contributed by atoms with E-state index in [0.717, 1.165) is 19.2 Å². The smallest absolute Gasteiger partial charge is 0.480 e. The van der Waals surface area contributed by atoms with Crippen LogP contribution in [0, 0.1) is 0 Å². The minimum absolute atomic E-state index is 0.0132. The Labute approximate surface area is 126 Å². The number of aliphatic carboxylic acids is 1. The molecule has 0 saturated heterocycles. The molecule has 0 saturated carbocycles. The summed E-state index contributed by atoms with van der Waals surface area (Å²) >= 11 is 5.80. The molecule has 1 N–H and O–H groups in total. The van der Waals surface area contributed by atoms with Crippen LogP contribution >= 0.6 is 11.6 Å². The average molecular weight is 330 g/mol. The third kappa shape index (κ3) is 2.93. The first-order valence-electron chi connectivity index (χ1n) is 5.68. The number of carboxylic acid groups (broad SMARTS) is 1. The van der Waals surface area contributed by atoms with Gasteiger partial charge in [0.1, 0.15) is 6.54 Å². The van der Waals surface area contributed by atoms with Crippen molar-refractivity contribution in [3.63, 3.8) is 0 Å². The number of hydrogen-bond acceptors (Lipinski definition) is 7. The van der Waals surface area contributed by atoms with Gasteiger partial charge in [-0.3, -0.25) is 9.59 Å². The van der Waals surface area contributed by atoms with Crippen molar-refractivity contribution in [1.82, 2.24) is 4.57 Å². The van der Waals surface area contributed by atoms with Crippen LogP contribution in [0.15, 0.2) is 26.1 Å². The van der Waals surface area contributed by atoms with Gasteiger partial charge in [-0.2, -0.15) is 0 Å². The van der Waals surface area contributed by atoms with Crippen LogP contribution in [0.5, 0.6) is 5.75 Å². The summed E-state index contributed by atoms with van der Waals surface area (Å²) in [4.78, 5) is 45.7. The van der Waals surface area contributed by atoms with Crippen LogP contribution in [-0.2, 0) is 16.1 Å². The van der Waals surface area contributed by atoms with Crippen molar-refractivity contribution < 1.29 is 28.6 Å². The Kier molecular flexibility index (Phi) is 4.18. The minimum atomic E-state index is -1.40. The maximum absolute atomic E-state index is 12.2. The monoisotopic (exact) mass is 329 g/mol. The maximum atomic E-state index is 12.2. The van der Waals surface area contributed by atoms with Gasteiger partial charge in [-0.1, -0.05) is 11.6 Å². The van der Waals surface area contributed by atoms with E-state index in [1.54, 1.807) is 0 Å². The maximum Gasteiger partial charge on any atom is 0.513 e. The van der Waals surface area contributed by atoms with E-state index in [9.17, 15) is 19.2 Å². The standard InChI is InChI=1S/C12H8ClNO8/c1-20-12(19)21-7-3-5(13)2-6-9(7)22-11(18)14(10(6)17)4-8(15)16/h2-3H,4H2,1H3,(H,15,16). The molecular formula is C12H8ClNO8. The van der Waals surface area contributed by atoms with Gasteiger partial charge in [-0.15, -0.1) is 0 Å². The van der Waals surface area contributed by atoms with Crippen LogP contribution < -0.4 is 16.1 Å². The molecule has 0 atom stereocenters. The van der Waals surface area contributed by atoms with Crippen LogP contribution in [0.25, 0.3) is 11.0 Å². The van der Waals surface area contributed by atoms with E-state index in [-0.39, 0.29) is 21.7 Å². The molecule has 1 aromatic heterocycles. The lowest BCUT2D eigenvalue weighted by molar-refractivity contribution is -0.137. The molecule has 0 aliphatic heterocycles. The number of ether oxygens (including phenoxy) is 2. The first-order valence-corrected chi connectivity index (χ1v) is 6.06. The average Bonchev–Trinajstić information content (AvgIpc) is 2.44. The topological polar surface area (TPSA) is 125 Å². The highest BCUT2D eigenvalue weighted by molar-refractivity contribution is 6.31. The predicted octanol–water partition coefficient (Wildman–Crippen LogP) is 0.838. The molecule has 0 bridgehead atoms. The number of methoxy groups -OCH3 is 1. The van der Waals surface area contributed by atoms with Crippen LogP contribution in [-0.4, -0.2) is 28.9 Å². The van der Waals surface area contributed by atoms with Crippen LogP contribution in [0.3, 0.4) is 0 Å². The van der Waals surface area contributed by atoms with Gasteiger partial charge in [0, 0.05) is 11.1 Å². The Hall–Kier alpha value is -2.81. The van der Waals surface area contributed by atoms with Crippen molar-refractivity contribution in [2.75, 3.05) is 7.11 Å². The zero-order chi connectivity index (χ0) is 16.4. The molecule has 0 aliphatic rings. The minimum Gasteiger partial charge on any atom is -0.480 e. The van der Waals surface area contributed by atoms with Gasteiger partial charge >= 0.3 is 17.9 Å². The van der Waals surface area contributed by atoms with Gasteiger partial charge in [-0.05, 0) is 6.07 Å². The second-order valence-electron chi connectivity index (χ2n) is 3.99. The van der Waals surface area contributed by atoms with Crippen molar-refractivity contribution >= 4 is 34.7 Å². The SMILES string of the molecule is COC(=O)Oc1cc(Cl)cc2c(=O)n(CC(=O)O)c(=O)oc12. The van der Waals surface area contributed by atoms with E-state index < -0.39 is 30.0 Å². The largest absolute Gasteiger partial charge is 0.513 e. The number of benzene rings is 1. The summed E-state index contributed by atoms with van der Waals surface area (Å²) in [7, 11) is 1.06.